The molecule has 0 saturated carbocycles. The van der Waals surface area contributed by atoms with Crippen LogP contribution in [-0.4, -0.2) is 9.78 Å². The first kappa shape index (κ1) is 7.77. The van der Waals surface area contributed by atoms with E-state index in [4.69, 9.17) is 0 Å². The van der Waals surface area contributed by atoms with Crippen molar-refractivity contribution in [3.63, 3.8) is 0 Å². The fourth-order valence-electron chi connectivity index (χ4n) is 0.604. The quantitative estimate of drug-likeness (QED) is 0.656. The van der Waals surface area contributed by atoms with Crippen LogP contribution in [0.3, 0.4) is 0 Å². The Morgan fingerprint density at radius 2 is 2.00 bits per heavy atom. The molecule has 0 aliphatic rings. The Morgan fingerprint density at radius 3 is 2.11 bits per heavy atom. The Balaban J connectivity index is 3.29. The van der Waals surface area contributed by atoms with Gasteiger partial charge in [-0.05, 0) is 52.1 Å². The number of hydrogen-bond donors (Lipinski definition) is 0. The predicted molar refractivity (Wildman–Crippen MR) is 53.4 cm³/mol. The zero-order chi connectivity index (χ0) is 7.02. The summed E-state index contributed by atoms with van der Waals surface area (Å²) in [5.41, 5.74) is 1.11. The maximum atomic E-state index is 4.21. The SMILES string of the molecule is Cc1nn(C)c(I)c1I. The van der Waals surface area contributed by atoms with Crippen LogP contribution in [0.4, 0.5) is 0 Å². The van der Waals surface area contributed by atoms with E-state index in [2.05, 4.69) is 50.3 Å². The summed E-state index contributed by atoms with van der Waals surface area (Å²) in [5.74, 6) is 0. The van der Waals surface area contributed by atoms with Crippen LogP contribution in [0, 0.1) is 14.2 Å². The number of nitrogens with zero attached hydrogens (tertiary/aromatic N) is 2. The van der Waals surface area contributed by atoms with Crippen molar-refractivity contribution >= 4 is 45.2 Å². The normalized spacial score (nSPS) is 10.2. The lowest BCUT2D eigenvalue weighted by Crippen LogP contribution is -1.92. The molecule has 1 aromatic rings. The highest BCUT2D eigenvalue weighted by Gasteiger charge is 2.05. The standard InChI is InChI=1S/C5H6I2N2/c1-3-4(6)5(7)9(2)8-3/h1-2H3. The van der Waals surface area contributed by atoms with Gasteiger partial charge in [-0.1, -0.05) is 0 Å². The van der Waals surface area contributed by atoms with Gasteiger partial charge in [0.15, 0.2) is 0 Å². The first-order valence-electron chi connectivity index (χ1n) is 2.47. The van der Waals surface area contributed by atoms with Crippen molar-refractivity contribution in [1.82, 2.24) is 9.78 Å². The van der Waals surface area contributed by atoms with E-state index in [1.165, 1.54) is 7.27 Å². The van der Waals surface area contributed by atoms with Crippen LogP contribution in [0.1, 0.15) is 5.69 Å². The third-order valence-electron chi connectivity index (χ3n) is 1.08. The zero-order valence-electron chi connectivity index (χ0n) is 5.15. The Labute approximate surface area is 81.3 Å². The third-order valence-corrected chi connectivity index (χ3v) is 4.64. The summed E-state index contributed by atoms with van der Waals surface area (Å²) in [6.07, 6.45) is 0. The van der Waals surface area contributed by atoms with Crippen LogP contribution in [0.5, 0.6) is 0 Å². The van der Waals surface area contributed by atoms with Gasteiger partial charge in [-0.3, -0.25) is 4.68 Å². The minimum atomic E-state index is 1.11. The van der Waals surface area contributed by atoms with Crippen molar-refractivity contribution in [1.29, 1.82) is 0 Å². The van der Waals surface area contributed by atoms with E-state index >= 15 is 0 Å². The van der Waals surface area contributed by atoms with Crippen LogP contribution in [0.25, 0.3) is 0 Å². The molecule has 0 atom stereocenters. The third kappa shape index (κ3) is 1.39. The van der Waals surface area contributed by atoms with E-state index in [1.807, 2.05) is 18.7 Å². The molecule has 4 heteroatoms. The molecule has 0 amide bonds. The van der Waals surface area contributed by atoms with E-state index < -0.39 is 0 Å². The molecular formula is C5H6I2N2. The molecule has 0 aliphatic heterocycles. The molecule has 1 aromatic heterocycles. The van der Waals surface area contributed by atoms with Crippen LogP contribution >= 0.6 is 45.2 Å². The summed E-state index contributed by atoms with van der Waals surface area (Å²) in [4.78, 5) is 0. The van der Waals surface area contributed by atoms with Gasteiger partial charge in [0.05, 0.1) is 9.26 Å². The van der Waals surface area contributed by atoms with Gasteiger partial charge in [0.2, 0.25) is 0 Å². The van der Waals surface area contributed by atoms with E-state index in [9.17, 15) is 0 Å². The molecule has 0 radical (unpaired) electrons. The van der Waals surface area contributed by atoms with Gasteiger partial charge >= 0.3 is 0 Å². The van der Waals surface area contributed by atoms with Gasteiger partial charge in [-0.15, -0.1) is 0 Å². The Bertz CT molecular complexity index is 207. The van der Waals surface area contributed by atoms with Gasteiger partial charge in [0.25, 0.3) is 0 Å². The van der Waals surface area contributed by atoms with Gasteiger partial charge in [0.1, 0.15) is 3.70 Å². The number of hydrogen-bond acceptors (Lipinski definition) is 1. The smallest absolute Gasteiger partial charge is 0.112 e. The molecule has 9 heavy (non-hydrogen) atoms. The minimum Gasteiger partial charge on any atom is -0.261 e. The van der Waals surface area contributed by atoms with Crippen molar-refractivity contribution < 1.29 is 0 Å². The number of aromatic nitrogens is 2. The Hall–Kier alpha value is 0.670. The molecule has 0 saturated heterocycles. The Kier molecular flexibility index (Phi) is 2.36. The predicted octanol–water partition coefficient (Wildman–Crippen LogP) is 1.94. The topological polar surface area (TPSA) is 17.8 Å². The van der Waals surface area contributed by atoms with Crippen molar-refractivity contribution in [3.8, 4) is 0 Å². The zero-order valence-corrected chi connectivity index (χ0v) is 9.47. The van der Waals surface area contributed by atoms with E-state index in [-0.39, 0.29) is 0 Å². The van der Waals surface area contributed by atoms with Gasteiger partial charge in [0, 0.05) is 7.05 Å². The van der Waals surface area contributed by atoms with Gasteiger partial charge in [-0.25, -0.2) is 0 Å². The molecule has 2 nitrogen and oxygen atoms in total. The molecule has 50 valence electrons. The van der Waals surface area contributed by atoms with Crippen LogP contribution < -0.4 is 0 Å². The molecule has 0 aliphatic carbocycles. The fraction of sp³-hybridized carbons (Fsp3) is 0.400. The average Bonchev–Trinajstić information content (AvgIpc) is 1.98. The first-order valence-corrected chi connectivity index (χ1v) is 4.63. The highest BCUT2D eigenvalue weighted by molar-refractivity contribution is 14.1. The summed E-state index contributed by atoms with van der Waals surface area (Å²) >= 11 is 4.58. The molecule has 0 unspecified atom stereocenters. The number of halogens is 2. The Morgan fingerprint density at radius 1 is 1.44 bits per heavy atom. The lowest BCUT2D eigenvalue weighted by atomic mass is 10.5. The fourth-order valence-corrected chi connectivity index (χ4v) is 1.56. The van der Waals surface area contributed by atoms with Crippen molar-refractivity contribution in [3.05, 3.63) is 13.0 Å². The highest BCUT2D eigenvalue weighted by atomic mass is 127. The molecule has 0 fully saturated rings. The van der Waals surface area contributed by atoms with Gasteiger partial charge in [-0.2, -0.15) is 5.10 Å². The molecule has 0 spiro atoms. The molecule has 1 heterocycles. The molecule has 0 N–H and O–H groups in total. The van der Waals surface area contributed by atoms with Gasteiger partial charge < -0.3 is 0 Å². The molecule has 0 aromatic carbocycles. The molecular weight excluding hydrogens is 342 g/mol. The second kappa shape index (κ2) is 2.73. The van der Waals surface area contributed by atoms with Crippen molar-refractivity contribution in [2.75, 3.05) is 0 Å². The summed E-state index contributed by atoms with van der Waals surface area (Å²) in [5, 5.41) is 4.21. The maximum Gasteiger partial charge on any atom is 0.112 e. The minimum absolute atomic E-state index is 1.11. The number of aryl methyl sites for hydroxylation is 2. The van der Waals surface area contributed by atoms with Crippen molar-refractivity contribution in [2.45, 2.75) is 6.92 Å². The monoisotopic (exact) mass is 348 g/mol. The molecule has 0 bridgehead atoms. The second-order valence-corrected chi connectivity index (χ2v) is 3.91. The summed E-state index contributed by atoms with van der Waals surface area (Å²) in [6, 6.07) is 0. The summed E-state index contributed by atoms with van der Waals surface area (Å²) in [7, 11) is 1.96. The second-order valence-electron chi connectivity index (χ2n) is 1.81. The molecule has 1 rings (SSSR count). The van der Waals surface area contributed by atoms with Crippen LogP contribution in [0.15, 0.2) is 0 Å². The van der Waals surface area contributed by atoms with E-state index in [0.29, 0.717) is 0 Å². The highest BCUT2D eigenvalue weighted by Crippen LogP contribution is 2.16. The average molecular weight is 348 g/mol. The maximum absolute atomic E-state index is 4.21. The lowest BCUT2D eigenvalue weighted by Gasteiger charge is -1.87. The summed E-state index contributed by atoms with van der Waals surface area (Å²) in [6.45, 7) is 2.02. The van der Waals surface area contributed by atoms with E-state index in [1.54, 1.807) is 0 Å². The van der Waals surface area contributed by atoms with Crippen molar-refractivity contribution in [2.24, 2.45) is 7.05 Å². The lowest BCUT2D eigenvalue weighted by molar-refractivity contribution is 0.738. The van der Waals surface area contributed by atoms with Crippen LogP contribution in [-0.2, 0) is 7.05 Å². The number of rotatable bonds is 0. The van der Waals surface area contributed by atoms with E-state index in [0.717, 1.165) is 5.69 Å². The largest absolute Gasteiger partial charge is 0.261 e. The first-order chi connectivity index (χ1) is 4.13. The summed E-state index contributed by atoms with van der Waals surface area (Å²) < 4.78 is 4.36. The van der Waals surface area contributed by atoms with Crippen LogP contribution in [0.2, 0.25) is 0 Å².